The molecule has 1 aromatic rings. The minimum Gasteiger partial charge on any atom is -0.508 e. The van der Waals surface area contributed by atoms with Crippen LogP contribution >= 0.6 is 0 Å². The predicted octanol–water partition coefficient (Wildman–Crippen LogP) is 0.871. The summed E-state index contributed by atoms with van der Waals surface area (Å²) in [5, 5.41) is 17.4. The van der Waals surface area contributed by atoms with Crippen molar-refractivity contribution in [1.29, 1.82) is 0 Å². The van der Waals surface area contributed by atoms with Crippen LogP contribution in [0.4, 0.5) is 0 Å². The zero-order valence-electron chi connectivity index (χ0n) is 5.41. The first-order chi connectivity index (χ1) is 4.84. The van der Waals surface area contributed by atoms with Gasteiger partial charge >= 0.3 is 0 Å². The number of hydroxylamine groups is 1. The predicted molar refractivity (Wildman–Crippen MR) is 36.7 cm³/mol. The summed E-state index contributed by atoms with van der Waals surface area (Å²) >= 11 is 0. The first-order valence-electron chi connectivity index (χ1n) is 2.98. The van der Waals surface area contributed by atoms with Gasteiger partial charge in [0.2, 0.25) is 0 Å². The molecule has 0 amide bonds. The van der Waals surface area contributed by atoms with Crippen LogP contribution < -0.4 is 5.48 Å². The Morgan fingerprint density at radius 1 is 1.30 bits per heavy atom. The number of rotatable bonds is 2. The number of phenolic OH excluding ortho intramolecular Hbond substituents is 1. The molecule has 3 nitrogen and oxygen atoms in total. The van der Waals surface area contributed by atoms with Crippen molar-refractivity contribution in [2.24, 2.45) is 0 Å². The lowest BCUT2D eigenvalue weighted by Crippen LogP contribution is -2.05. The summed E-state index contributed by atoms with van der Waals surface area (Å²) in [5.74, 6) is 0.198. The third kappa shape index (κ3) is 1.46. The highest BCUT2D eigenvalue weighted by Gasteiger charge is 1.95. The first-order valence-corrected chi connectivity index (χ1v) is 2.98. The van der Waals surface area contributed by atoms with E-state index in [2.05, 4.69) is 0 Å². The van der Waals surface area contributed by atoms with Gasteiger partial charge in [-0.3, -0.25) is 0 Å². The molecule has 0 aliphatic carbocycles. The van der Waals surface area contributed by atoms with Gasteiger partial charge in [-0.05, 0) is 6.07 Å². The Bertz CT molecular complexity index is 213. The largest absolute Gasteiger partial charge is 0.508 e. The van der Waals surface area contributed by atoms with Gasteiger partial charge in [-0.25, -0.2) is 5.48 Å². The van der Waals surface area contributed by atoms with Crippen molar-refractivity contribution >= 4 is 0 Å². The van der Waals surface area contributed by atoms with E-state index in [1.54, 1.807) is 24.3 Å². The van der Waals surface area contributed by atoms with E-state index in [4.69, 9.17) is 10.3 Å². The molecule has 0 saturated heterocycles. The van der Waals surface area contributed by atoms with E-state index in [-0.39, 0.29) is 12.3 Å². The van der Waals surface area contributed by atoms with E-state index in [0.29, 0.717) is 5.56 Å². The molecule has 0 spiro atoms. The van der Waals surface area contributed by atoms with E-state index in [1.807, 2.05) is 5.48 Å². The number of phenols is 1. The summed E-state index contributed by atoms with van der Waals surface area (Å²) < 4.78 is 0. The van der Waals surface area contributed by atoms with Crippen molar-refractivity contribution in [2.45, 2.75) is 6.54 Å². The Balaban J connectivity index is 2.81. The molecule has 0 unspecified atom stereocenters. The van der Waals surface area contributed by atoms with Gasteiger partial charge in [0, 0.05) is 12.1 Å². The Kier molecular flexibility index (Phi) is 2.25. The van der Waals surface area contributed by atoms with Crippen molar-refractivity contribution in [1.82, 2.24) is 5.48 Å². The van der Waals surface area contributed by atoms with E-state index in [0.717, 1.165) is 0 Å². The smallest absolute Gasteiger partial charge is 0.120 e. The highest BCUT2D eigenvalue weighted by molar-refractivity contribution is 5.31. The molecular formula is C7H9NO2. The molecule has 0 aliphatic heterocycles. The summed E-state index contributed by atoms with van der Waals surface area (Å²) in [4.78, 5) is 0. The van der Waals surface area contributed by atoms with Crippen LogP contribution in [0.1, 0.15) is 5.56 Å². The molecule has 1 rings (SSSR count). The minimum absolute atomic E-state index is 0.198. The molecule has 0 bridgehead atoms. The molecule has 54 valence electrons. The lowest BCUT2D eigenvalue weighted by atomic mass is 10.2. The van der Waals surface area contributed by atoms with Gasteiger partial charge in [-0.2, -0.15) is 0 Å². The number of aromatic hydroxyl groups is 1. The van der Waals surface area contributed by atoms with Crippen LogP contribution in [0.3, 0.4) is 0 Å². The third-order valence-corrected chi connectivity index (χ3v) is 1.26. The van der Waals surface area contributed by atoms with Crippen molar-refractivity contribution in [3.8, 4) is 5.75 Å². The number of nitrogens with one attached hydrogen (secondary N) is 1. The minimum atomic E-state index is 0.198. The molecule has 0 aromatic heterocycles. The second-order valence-electron chi connectivity index (χ2n) is 1.96. The Hall–Kier alpha value is -1.06. The van der Waals surface area contributed by atoms with Gasteiger partial charge < -0.3 is 10.3 Å². The van der Waals surface area contributed by atoms with Crippen LogP contribution in [0, 0.1) is 0 Å². The monoisotopic (exact) mass is 139 g/mol. The second-order valence-corrected chi connectivity index (χ2v) is 1.96. The van der Waals surface area contributed by atoms with Crippen molar-refractivity contribution < 1.29 is 10.3 Å². The van der Waals surface area contributed by atoms with Crippen LogP contribution in [-0.4, -0.2) is 10.3 Å². The average molecular weight is 139 g/mol. The summed E-state index contributed by atoms with van der Waals surface area (Å²) in [6.45, 7) is 0.271. The number of hydrogen-bond donors (Lipinski definition) is 3. The molecule has 0 atom stereocenters. The third-order valence-electron chi connectivity index (χ3n) is 1.26. The molecule has 0 fully saturated rings. The van der Waals surface area contributed by atoms with Crippen molar-refractivity contribution in [2.75, 3.05) is 0 Å². The number of hydrogen-bond acceptors (Lipinski definition) is 3. The van der Waals surface area contributed by atoms with Crippen LogP contribution in [0.25, 0.3) is 0 Å². The van der Waals surface area contributed by atoms with Gasteiger partial charge in [-0.15, -0.1) is 0 Å². The maximum Gasteiger partial charge on any atom is 0.120 e. The maximum atomic E-state index is 9.09. The maximum absolute atomic E-state index is 9.09. The van der Waals surface area contributed by atoms with E-state index in [1.165, 1.54) is 0 Å². The highest BCUT2D eigenvalue weighted by Crippen LogP contribution is 2.14. The van der Waals surface area contributed by atoms with Crippen LogP contribution in [0.5, 0.6) is 5.75 Å². The fourth-order valence-electron chi connectivity index (χ4n) is 0.745. The van der Waals surface area contributed by atoms with E-state index < -0.39 is 0 Å². The Morgan fingerprint density at radius 2 is 2.00 bits per heavy atom. The van der Waals surface area contributed by atoms with Gasteiger partial charge in [0.1, 0.15) is 5.75 Å². The molecule has 3 heteroatoms. The zero-order chi connectivity index (χ0) is 7.40. The van der Waals surface area contributed by atoms with Crippen molar-refractivity contribution in [3.63, 3.8) is 0 Å². The van der Waals surface area contributed by atoms with E-state index in [9.17, 15) is 0 Å². The molecule has 3 N–H and O–H groups in total. The molecule has 0 heterocycles. The van der Waals surface area contributed by atoms with Gasteiger partial charge in [0.15, 0.2) is 0 Å². The molecular weight excluding hydrogens is 130 g/mol. The normalized spacial score (nSPS) is 9.70. The summed E-state index contributed by atoms with van der Waals surface area (Å²) in [7, 11) is 0. The van der Waals surface area contributed by atoms with Gasteiger partial charge in [0.05, 0.1) is 0 Å². The topological polar surface area (TPSA) is 52.5 Å². The van der Waals surface area contributed by atoms with E-state index >= 15 is 0 Å². The Morgan fingerprint density at radius 3 is 2.60 bits per heavy atom. The fourth-order valence-corrected chi connectivity index (χ4v) is 0.745. The summed E-state index contributed by atoms with van der Waals surface area (Å²) in [6.07, 6.45) is 0. The van der Waals surface area contributed by atoms with Gasteiger partial charge in [0.25, 0.3) is 0 Å². The molecule has 10 heavy (non-hydrogen) atoms. The summed E-state index contributed by atoms with van der Waals surface area (Å²) in [6, 6.07) is 6.84. The van der Waals surface area contributed by atoms with Crippen LogP contribution in [-0.2, 0) is 6.54 Å². The zero-order valence-corrected chi connectivity index (χ0v) is 5.41. The fraction of sp³-hybridized carbons (Fsp3) is 0.143. The number of para-hydroxylation sites is 1. The first kappa shape index (κ1) is 7.05. The summed E-state index contributed by atoms with van der Waals surface area (Å²) in [5.41, 5.74) is 2.65. The second kappa shape index (κ2) is 3.20. The highest BCUT2D eigenvalue weighted by atomic mass is 16.5. The number of benzene rings is 1. The van der Waals surface area contributed by atoms with Gasteiger partial charge in [-0.1, -0.05) is 18.2 Å². The van der Waals surface area contributed by atoms with Crippen LogP contribution in [0.15, 0.2) is 24.3 Å². The lowest BCUT2D eigenvalue weighted by molar-refractivity contribution is 0.160. The standard InChI is InChI=1S/C7H9NO2/c9-7-4-2-1-3-6(7)5-8-10/h1-4,8-10H,5H2. The van der Waals surface area contributed by atoms with Crippen molar-refractivity contribution in [3.05, 3.63) is 29.8 Å². The Labute approximate surface area is 58.9 Å². The quantitative estimate of drug-likeness (QED) is 0.533. The molecule has 0 radical (unpaired) electrons. The van der Waals surface area contributed by atoms with Crippen LogP contribution in [0.2, 0.25) is 0 Å². The SMILES string of the molecule is ONCc1ccccc1O. The molecule has 0 saturated carbocycles. The molecule has 1 aromatic carbocycles. The average Bonchev–Trinajstić information content (AvgIpc) is 1.94. The lowest BCUT2D eigenvalue weighted by Gasteiger charge is -2.00. The molecule has 0 aliphatic rings.